The number of aromatic nitrogens is 3. The summed E-state index contributed by atoms with van der Waals surface area (Å²) in [5, 5.41) is 14.6. The molecule has 0 saturated carbocycles. The summed E-state index contributed by atoms with van der Waals surface area (Å²) in [7, 11) is 1.83. The van der Waals surface area contributed by atoms with Crippen LogP contribution in [0.25, 0.3) is 16.6 Å². The van der Waals surface area contributed by atoms with Crippen LogP contribution in [0.4, 0.5) is 0 Å². The fourth-order valence-corrected chi connectivity index (χ4v) is 4.50. The number of carbonyl (C=O) groups is 1. The van der Waals surface area contributed by atoms with Crippen LogP contribution >= 0.6 is 23.1 Å². The predicted molar refractivity (Wildman–Crippen MR) is 107 cm³/mol. The number of hydrogen-bond donors (Lipinski definition) is 0. The maximum atomic E-state index is 12.5. The van der Waals surface area contributed by atoms with E-state index in [9.17, 15) is 4.79 Å². The molecule has 3 heterocycles. The lowest BCUT2D eigenvalue weighted by atomic mass is 10.1. The van der Waals surface area contributed by atoms with E-state index in [1.807, 2.05) is 41.1 Å². The van der Waals surface area contributed by atoms with Crippen molar-refractivity contribution < 1.29 is 4.79 Å². The van der Waals surface area contributed by atoms with Crippen molar-refractivity contribution in [3.8, 4) is 0 Å². The molecule has 26 heavy (non-hydrogen) atoms. The summed E-state index contributed by atoms with van der Waals surface area (Å²) in [6, 6.07) is 12.3. The predicted octanol–water partition coefficient (Wildman–Crippen LogP) is 4.00. The van der Waals surface area contributed by atoms with E-state index >= 15 is 0 Å². The van der Waals surface area contributed by atoms with Crippen LogP contribution in [-0.4, -0.2) is 38.2 Å². The third-order valence-electron chi connectivity index (χ3n) is 4.32. The maximum absolute atomic E-state index is 12.5. The standard InChI is InChI=1S/C19H18N4OS2/c1-13-9-17-20-21-19(23(17)16-6-4-3-5-15(13)16)26-12-18(24)22(2)10-14-7-8-25-11-14/h3-9,11H,10,12H2,1-2H3. The number of fused-ring (bicyclic) bond motifs is 3. The number of thioether (sulfide) groups is 1. The van der Waals surface area contributed by atoms with Crippen LogP contribution in [-0.2, 0) is 11.3 Å². The molecule has 1 aromatic carbocycles. The number of hydrogen-bond acceptors (Lipinski definition) is 5. The van der Waals surface area contributed by atoms with Crippen molar-refractivity contribution in [1.29, 1.82) is 0 Å². The van der Waals surface area contributed by atoms with Gasteiger partial charge in [-0.25, -0.2) is 0 Å². The van der Waals surface area contributed by atoms with Gasteiger partial charge in [-0.2, -0.15) is 11.3 Å². The molecule has 0 aliphatic rings. The highest BCUT2D eigenvalue weighted by Crippen LogP contribution is 2.25. The Balaban J connectivity index is 1.56. The number of nitrogens with zero attached hydrogens (tertiary/aromatic N) is 4. The molecule has 3 aromatic heterocycles. The molecule has 0 aliphatic carbocycles. The van der Waals surface area contributed by atoms with Gasteiger partial charge in [-0.1, -0.05) is 30.0 Å². The van der Waals surface area contributed by atoms with Gasteiger partial charge in [0.2, 0.25) is 5.91 Å². The lowest BCUT2D eigenvalue weighted by Gasteiger charge is -2.16. The quantitative estimate of drug-likeness (QED) is 0.490. The van der Waals surface area contributed by atoms with Gasteiger partial charge < -0.3 is 4.90 Å². The molecule has 4 aromatic rings. The van der Waals surface area contributed by atoms with Crippen molar-refractivity contribution >= 4 is 45.6 Å². The minimum Gasteiger partial charge on any atom is -0.341 e. The largest absolute Gasteiger partial charge is 0.341 e. The van der Waals surface area contributed by atoms with Crippen molar-refractivity contribution in [1.82, 2.24) is 19.5 Å². The molecule has 0 fully saturated rings. The van der Waals surface area contributed by atoms with Gasteiger partial charge in [-0.3, -0.25) is 9.20 Å². The van der Waals surface area contributed by atoms with Crippen molar-refractivity contribution in [3.05, 3.63) is 58.3 Å². The second kappa shape index (κ2) is 7.09. The van der Waals surface area contributed by atoms with E-state index in [0.717, 1.165) is 21.9 Å². The van der Waals surface area contributed by atoms with E-state index in [4.69, 9.17) is 0 Å². The maximum Gasteiger partial charge on any atom is 0.233 e. The Morgan fingerprint density at radius 1 is 1.27 bits per heavy atom. The summed E-state index contributed by atoms with van der Waals surface area (Å²) < 4.78 is 2.03. The number of pyridine rings is 1. The van der Waals surface area contributed by atoms with Crippen LogP contribution in [0.3, 0.4) is 0 Å². The molecular weight excluding hydrogens is 364 g/mol. The summed E-state index contributed by atoms with van der Waals surface area (Å²) >= 11 is 3.07. The SMILES string of the molecule is Cc1cc2nnc(SCC(=O)N(C)Cc3ccsc3)n2c2ccccc12. The van der Waals surface area contributed by atoms with Gasteiger partial charge in [0.25, 0.3) is 0 Å². The topological polar surface area (TPSA) is 50.5 Å². The van der Waals surface area contributed by atoms with Crippen LogP contribution < -0.4 is 0 Å². The third kappa shape index (κ3) is 3.20. The Kier molecular flexibility index (Phi) is 4.65. The molecular formula is C19H18N4OS2. The fourth-order valence-electron chi connectivity index (χ4n) is 2.95. The Morgan fingerprint density at radius 2 is 2.12 bits per heavy atom. The number of carbonyl (C=O) groups excluding carboxylic acids is 1. The second-order valence-corrected chi connectivity index (χ2v) is 7.91. The number of thiophene rings is 1. The Labute approximate surface area is 159 Å². The minimum absolute atomic E-state index is 0.0781. The highest BCUT2D eigenvalue weighted by atomic mass is 32.2. The van der Waals surface area contributed by atoms with Gasteiger partial charge in [0, 0.05) is 19.0 Å². The van der Waals surface area contributed by atoms with Crippen molar-refractivity contribution in [2.75, 3.05) is 12.8 Å². The molecule has 0 bridgehead atoms. The van der Waals surface area contributed by atoms with E-state index < -0.39 is 0 Å². The van der Waals surface area contributed by atoms with E-state index in [-0.39, 0.29) is 5.91 Å². The van der Waals surface area contributed by atoms with Crippen LogP contribution in [0.15, 0.2) is 52.3 Å². The molecule has 5 nitrogen and oxygen atoms in total. The Morgan fingerprint density at radius 3 is 2.92 bits per heavy atom. The average molecular weight is 383 g/mol. The molecule has 0 saturated heterocycles. The third-order valence-corrected chi connectivity index (χ3v) is 5.97. The number of amides is 1. The van der Waals surface area contributed by atoms with E-state index in [2.05, 4.69) is 34.6 Å². The smallest absolute Gasteiger partial charge is 0.233 e. The summed E-state index contributed by atoms with van der Waals surface area (Å²) in [5.41, 5.74) is 4.20. The molecule has 132 valence electrons. The summed E-state index contributed by atoms with van der Waals surface area (Å²) in [4.78, 5) is 14.2. The summed E-state index contributed by atoms with van der Waals surface area (Å²) in [5.74, 6) is 0.415. The van der Waals surface area contributed by atoms with Gasteiger partial charge in [0.05, 0.1) is 11.3 Å². The van der Waals surface area contributed by atoms with Crippen LogP contribution in [0.1, 0.15) is 11.1 Å². The minimum atomic E-state index is 0.0781. The molecule has 7 heteroatoms. The fraction of sp³-hybridized carbons (Fsp3) is 0.211. The zero-order valence-electron chi connectivity index (χ0n) is 14.5. The van der Waals surface area contributed by atoms with Crippen molar-refractivity contribution in [2.24, 2.45) is 0 Å². The first-order valence-corrected chi connectivity index (χ1v) is 10.2. The average Bonchev–Trinajstić information content (AvgIpc) is 3.29. The molecule has 1 amide bonds. The van der Waals surface area contributed by atoms with Gasteiger partial charge in [-0.05, 0) is 47.0 Å². The Hall–Kier alpha value is -2.38. The normalized spacial score (nSPS) is 11.3. The van der Waals surface area contributed by atoms with Crippen molar-refractivity contribution in [2.45, 2.75) is 18.6 Å². The number of rotatable bonds is 5. The number of para-hydroxylation sites is 1. The second-order valence-electron chi connectivity index (χ2n) is 6.19. The van der Waals surface area contributed by atoms with Gasteiger partial charge in [0.15, 0.2) is 10.8 Å². The van der Waals surface area contributed by atoms with Crippen LogP contribution in [0.2, 0.25) is 0 Å². The zero-order chi connectivity index (χ0) is 18.1. The lowest BCUT2D eigenvalue weighted by Crippen LogP contribution is -2.27. The van der Waals surface area contributed by atoms with Gasteiger partial charge in [0.1, 0.15) is 0 Å². The molecule has 4 rings (SSSR count). The molecule has 0 aliphatic heterocycles. The first-order chi connectivity index (χ1) is 12.6. The summed E-state index contributed by atoms with van der Waals surface area (Å²) in [6.07, 6.45) is 0. The Bertz CT molecular complexity index is 1070. The first-order valence-electron chi connectivity index (χ1n) is 8.25. The molecule has 0 atom stereocenters. The number of aryl methyl sites for hydroxylation is 1. The number of benzene rings is 1. The highest BCUT2D eigenvalue weighted by molar-refractivity contribution is 7.99. The first kappa shape index (κ1) is 17.1. The molecule has 0 N–H and O–H groups in total. The van der Waals surface area contributed by atoms with Crippen LogP contribution in [0.5, 0.6) is 0 Å². The van der Waals surface area contributed by atoms with Crippen molar-refractivity contribution in [3.63, 3.8) is 0 Å². The van der Waals surface area contributed by atoms with E-state index in [0.29, 0.717) is 12.3 Å². The molecule has 0 spiro atoms. The van der Waals surface area contributed by atoms with Crippen LogP contribution in [0, 0.1) is 6.92 Å². The summed E-state index contributed by atoms with van der Waals surface area (Å²) in [6.45, 7) is 2.71. The van der Waals surface area contributed by atoms with Gasteiger partial charge in [-0.15, -0.1) is 10.2 Å². The molecule has 0 radical (unpaired) electrons. The van der Waals surface area contributed by atoms with E-state index in [1.165, 1.54) is 22.7 Å². The monoisotopic (exact) mass is 382 g/mol. The van der Waals surface area contributed by atoms with E-state index in [1.54, 1.807) is 16.2 Å². The molecule has 0 unspecified atom stereocenters. The highest BCUT2D eigenvalue weighted by Gasteiger charge is 2.15. The van der Waals surface area contributed by atoms with Gasteiger partial charge >= 0.3 is 0 Å². The zero-order valence-corrected chi connectivity index (χ0v) is 16.2. The lowest BCUT2D eigenvalue weighted by molar-refractivity contribution is -0.127.